The average molecular weight is 398 g/mol. The predicted octanol–water partition coefficient (Wildman–Crippen LogP) is 3.87. The Morgan fingerprint density at radius 3 is 2.42 bits per heavy atom. The smallest absolute Gasteiger partial charge is 0.333 e. The highest BCUT2D eigenvalue weighted by Gasteiger charge is 2.37. The maximum Gasteiger partial charge on any atom is 0.333 e. The number of carboxylic acids is 1. The van der Waals surface area contributed by atoms with E-state index in [0.29, 0.717) is 10.6 Å². The van der Waals surface area contributed by atoms with E-state index in [9.17, 15) is 14.7 Å². The third-order valence-electron chi connectivity index (χ3n) is 4.26. The van der Waals surface area contributed by atoms with Gasteiger partial charge in [0.25, 0.3) is 0 Å². The molecule has 1 heterocycles. The van der Waals surface area contributed by atoms with E-state index in [1.807, 2.05) is 26.8 Å². The zero-order chi connectivity index (χ0) is 19.6. The molecule has 1 aromatic heterocycles. The summed E-state index contributed by atoms with van der Waals surface area (Å²) in [6, 6.07) is 6.20. The van der Waals surface area contributed by atoms with Crippen LogP contribution in [-0.2, 0) is 15.1 Å². The average Bonchev–Trinajstić information content (AvgIpc) is 2.88. The lowest BCUT2D eigenvalue weighted by molar-refractivity contribution is -0.147. The SMILES string of the molecule is Cc1cc(C)n(C(C)CC(=O)NC(C)(C(=O)O)c2ccc(Cl)c(Cl)c2)n1. The zero-order valence-electron chi connectivity index (χ0n) is 15.0. The van der Waals surface area contributed by atoms with Gasteiger partial charge in [0.05, 0.1) is 21.8 Å². The van der Waals surface area contributed by atoms with Gasteiger partial charge in [0, 0.05) is 12.1 Å². The van der Waals surface area contributed by atoms with Gasteiger partial charge in [-0.25, -0.2) is 4.79 Å². The lowest BCUT2D eigenvalue weighted by Gasteiger charge is -2.28. The third-order valence-corrected chi connectivity index (χ3v) is 5.00. The Hall–Kier alpha value is -2.05. The molecule has 26 heavy (non-hydrogen) atoms. The molecule has 140 valence electrons. The molecule has 0 saturated heterocycles. The van der Waals surface area contributed by atoms with Crippen LogP contribution in [0.3, 0.4) is 0 Å². The van der Waals surface area contributed by atoms with Crippen LogP contribution in [0.2, 0.25) is 10.0 Å². The molecule has 8 heteroatoms. The number of halogens is 2. The monoisotopic (exact) mass is 397 g/mol. The second-order valence-electron chi connectivity index (χ2n) is 6.53. The molecular weight excluding hydrogens is 377 g/mol. The molecule has 0 aliphatic rings. The van der Waals surface area contributed by atoms with E-state index >= 15 is 0 Å². The van der Waals surface area contributed by atoms with Gasteiger partial charge in [-0.1, -0.05) is 29.3 Å². The molecule has 2 rings (SSSR count). The number of carbonyl (C=O) groups is 2. The van der Waals surface area contributed by atoms with Crippen LogP contribution in [0.5, 0.6) is 0 Å². The van der Waals surface area contributed by atoms with Gasteiger partial charge in [0.1, 0.15) is 0 Å². The third kappa shape index (κ3) is 4.19. The number of carbonyl (C=O) groups excluding carboxylic acids is 1. The number of aliphatic carboxylic acids is 1. The van der Waals surface area contributed by atoms with E-state index < -0.39 is 17.4 Å². The molecule has 1 amide bonds. The number of rotatable bonds is 6. The Labute approximate surface area is 162 Å². The summed E-state index contributed by atoms with van der Waals surface area (Å²) in [5.41, 5.74) is 0.515. The van der Waals surface area contributed by atoms with Gasteiger partial charge in [-0.3, -0.25) is 9.48 Å². The van der Waals surface area contributed by atoms with Crippen molar-refractivity contribution in [3.05, 3.63) is 51.3 Å². The van der Waals surface area contributed by atoms with Crippen LogP contribution in [0.1, 0.15) is 43.3 Å². The Kier molecular flexibility index (Phi) is 5.98. The normalized spacial score (nSPS) is 14.5. The molecule has 0 saturated carbocycles. The number of carboxylic acid groups (broad SMARTS) is 1. The van der Waals surface area contributed by atoms with Crippen LogP contribution in [-0.4, -0.2) is 26.8 Å². The van der Waals surface area contributed by atoms with Crippen LogP contribution in [0, 0.1) is 13.8 Å². The maximum absolute atomic E-state index is 12.5. The van der Waals surface area contributed by atoms with Crippen molar-refractivity contribution in [1.82, 2.24) is 15.1 Å². The quantitative estimate of drug-likeness (QED) is 0.774. The minimum absolute atomic E-state index is 0.0894. The first kappa shape index (κ1) is 20.3. The highest BCUT2D eigenvalue weighted by atomic mass is 35.5. The predicted molar refractivity (Wildman–Crippen MR) is 101 cm³/mol. The number of hydrogen-bond acceptors (Lipinski definition) is 3. The van der Waals surface area contributed by atoms with E-state index in [2.05, 4.69) is 10.4 Å². The Morgan fingerprint density at radius 1 is 1.27 bits per heavy atom. The van der Waals surface area contributed by atoms with E-state index in [4.69, 9.17) is 23.2 Å². The molecule has 2 unspecified atom stereocenters. The Bertz CT molecular complexity index is 850. The number of amides is 1. The number of benzene rings is 1. The van der Waals surface area contributed by atoms with Gasteiger partial charge >= 0.3 is 5.97 Å². The van der Waals surface area contributed by atoms with Gasteiger partial charge in [0.15, 0.2) is 5.54 Å². The first-order chi connectivity index (χ1) is 12.0. The van der Waals surface area contributed by atoms with Crippen molar-refractivity contribution in [1.29, 1.82) is 0 Å². The molecular formula is C18H21Cl2N3O3. The second kappa shape index (κ2) is 7.68. The van der Waals surface area contributed by atoms with Gasteiger partial charge in [0.2, 0.25) is 5.91 Å². The van der Waals surface area contributed by atoms with E-state index in [1.54, 1.807) is 4.68 Å². The fraction of sp³-hybridized carbons (Fsp3) is 0.389. The van der Waals surface area contributed by atoms with Crippen LogP contribution in [0.4, 0.5) is 0 Å². The van der Waals surface area contributed by atoms with Crippen LogP contribution in [0.25, 0.3) is 0 Å². The molecule has 0 aliphatic carbocycles. The van der Waals surface area contributed by atoms with E-state index in [0.717, 1.165) is 11.4 Å². The highest BCUT2D eigenvalue weighted by molar-refractivity contribution is 6.42. The summed E-state index contributed by atoms with van der Waals surface area (Å²) < 4.78 is 1.76. The molecule has 0 aliphatic heterocycles. The molecule has 2 atom stereocenters. The van der Waals surface area contributed by atoms with E-state index in [1.165, 1.54) is 25.1 Å². The standard InChI is InChI=1S/C18H21Cl2N3O3/c1-10-7-11(2)23(22-10)12(3)8-16(24)21-18(4,17(25)26)13-5-6-14(19)15(20)9-13/h5-7,9,12H,8H2,1-4H3,(H,21,24)(H,25,26). The molecule has 0 radical (unpaired) electrons. The fourth-order valence-corrected chi connectivity index (χ4v) is 3.13. The minimum atomic E-state index is -1.62. The maximum atomic E-state index is 12.5. The van der Waals surface area contributed by atoms with Crippen LogP contribution < -0.4 is 5.32 Å². The Morgan fingerprint density at radius 2 is 1.92 bits per heavy atom. The van der Waals surface area contributed by atoms with Crippen molar-refractivity contribution >= 4 is 35.1 Å². The number of aromatic nitrogens is 2. The molecule has 1 aromatic carbocycles. The van der Waals surface area contributed by atoms with Crippen molar-refractivity contribution < 1.29 is 14.7 Å². The van der Waals surface area contributed by atoms with Crippen molar-refractivity contribution in [2.24, 2.45) is 0 Å². The number of nitrogens with zero attached hydrogens (tertiary/aromatic N) is 2. The van der Waals surface area contributed by atoms with Gasteiger partial charge in [-0.15, -0.1) is 0 Å². The molecule has 0 spiro atoms. The molecule has 0 bridgehead atoms. The van der Waals surface area contributed by atoms with Crippen molar-refractivity contribution in [2.75, 3.05) is 0 Å². The van der Waals surface area contributed by atoms with Crippen molar-refractivity contribution in [3.63, 3.8) is 0 Å². The summed E-state index contributed by atoms with van der Waals surface area (Å²) in [6.07, 6.45) is 0.0894. The first-order valence-corrected chi connectivity index (χ1v) is 8.83. The summed E-state index contributed by atoms with van der Waals surface area (Å²) in [5.74, 6) is -1.59. The molecule has 0 fully saturated rings. The molecule has 2 N–H and O–H groups in total. The second-order valence-corrected chi connectivity index (χ2v) is 7.35. The zero-order valence-corrected chi connectivity index (χ0v) is 16.5. The highest BCUT2D eigenvalue weighted by Crippen LogP contribution is 2.29. The van der Waals surface area contributed by atoms with Gasteiger partial charge in [-0.2, -0.15) is 5.10 Å². The largest absolute Gasteiger partial charge is 0.479 e. The van der Waals surface area contributed by atoms with Crippen LogP contribution >= 0.6 is 23.2 Å². The van der Waals surface area contributed by atoms with Crippen molar-refractivity contribution in [2.45, 2.75) is 45.7 Å². The van der Waals surface area contributed by atoms with E-state index in [-0.39, 0.29) is 17.5 Å². The van der Waals surface area contributed by atoms with Crippen molar-refractivity contribution in [3.8, 4) is 0 Å². The van der Waals surface area contributed by atoms with Crippen LogP contribution in [0.15, 0.2) is 24.3 Å². The summed E-state index contributed by atoms with van der Waals surface area (Å²) in [6.45, 7) is 7.06. The first-order valence-electron chi connectivity index (χ1n) is 8.07. The number of aryl methyl sites for hydroxylation is 2. The minimum Gasteiger partial charge on any atom is -0.479 e. The summed E-state index contributed by atoms with van der Waals surface area (Å²) in [7, 11) is 0. The summed E-state index contributed by atoms with van der Waals surface area (Å²) >= 11 is 11.9. The number of nitrogens with one attached hydrogen (secondary N) is 1. The Balaban J connectivity index is 2.21. The number of hydrogen-bond donors (Lipinski definition) is 2. The molecule has 2 aromatic rings. The van der Waals surface area contributed by atoms with Gasteiger partial charge in [-0.05, 0) is 51.5 Å². The lowest BCUT2D eigenvalue weighted by atomic mass is 9.91. The topological polar surface area (TPSA) is 84.2 Å². The molecule has 6 nitrogen and oxygen atoms in total. The van der Waals surface area contributed by atoms with Gasteiger partial charge < -0.3 is 10.4 Å². The summed E-state index contributed by atoms with van der Waals surface area (Å²) in [5, 5.41) is 17.2. The summed E-state index contributed by atoms with van der Waals surface area (Å²) in [4.78, 5) is 24.4. The lowest BCUT2D eigenvalue weighted by Crippen LogP contribution is -2.50. The fourth-order valence-electron chi connectivity index (χ4n) is 2.83.